The predicted molar refractivity (Wildman–Crippen MR) is 73.0 cm³/mol. The summed E-state index contributed by atoms with van der Waals surface area (Å²) in [4.78, 5) is 0. The van der Waals surface area contributed by atoms with Crippen LogP contribution in [0.4, 0.5) is 0 Å². The van der Waals surface area contributed by atoms with Crippen LogP contribution >= 0.6 is 0 Å². The molecule has 3 heteroatoms. The maximum Gasteiger partial charge on any atom is 0.127 e. The molecule has 0 bridgehead atoms. The maximum atomic E-state index is 6.39. The number of hydrogen-bond donors (Lipinski definition) is 1. The normalized spacial score (nSPS) is 16.9. The molecule has 98 valence electrons. The molecule has 0 saturated heterocycles. The predicted octanol–water partition coefficient (Wildman–Crippen LogP) is 3.20. The molecule has 3 nitrogen and oxygen atoms in total. The van der Waals surface area contributed by atoms with Gasteiger partial charge in [0.2, 0.25) is 0 Å². The van der Waals surface area contributed by atoms with E-state index < -0.39 is 0 Å². The van der Waals surface area contributed by atoms with Crippen molar-refractivity contribution in [3.05, 3.63) is 35.4 Å². The average molecular weight is 247 g/mol. The second kappa shape index (κ2) is 5.91. The molecule has 0 aromatic heterocycles. The highest BCUT2D eigenvalue weighted by Crippen LogP contribution is 2.38. The highest BCUT2D eigenvalue weighted by Gasteiger charge is 2.21. The second-order valence-corrected chi connectivity index (χ2v) is 4.58. The highest BCUT2D eigenvalue weighted by atomic mass is 16.5. The number of ether oxygens (including phenoxy) is 2. The van der Waals surface area contributed by atoms with Crippen molar-refractivity contribution >= 4 is 0 Å². The van der Waals surface area contributed by atoms with Crippen molar-refractivity contribution in [1.82, 2.24) is 0 Å². The monoisotopic (exact) mass is 247 g/mol. The first kappa shape index (κ1) is 13.0. The van der Waals surface area contributed by atoms with Crippen LogP contribution in [0.3, 0.4) is 0 Å². The van der Waals surface area contributed by atoms with Gasteiger partial charge in [-0.2, -0.15) is 0 Å². The standard InChI is InChI=1S/C15H21NO2/c1-17-12-9-6-10-13(18-2)14(12)15(16)11-7-4-3-5-8-11/h6-7,9-10,15H,3-5,8,16H2,1-2H3. The lowest BCUT2D eigenvalue weighted by Crippen LogP contribution is -2.17. The largest absolute Gasteiger partial charge is 0.496 e. The van der Waals surface area contributed by atoms with Crippen molar-refractivity contribution < 1.29 is 9.47 Å². The molecule has 0 saturated carbocycles. The molecule has 0 amide bonds. The minimum atomic E-state index is -0.128. The Morgan fingerprint density at radius 1 is 1.11 bits per heavy atom. The van der Waals surface area contributed by atoms with Crippen LogP contribution in [-0.2, 0) is 0 Å². The third-order valence-corrected chi connectivity index (χ3v) is 3.50. The summed E-state index contributed by atoms with van der Waals surface area (Å²) in [6.07, 6.45) is 6.94. The summed E-state index contributed by atoms with van der Waals surface area (Å²) >= 11 is 0. The number of nitrogens with two attached hydrogens (primary N) is 1. The summed E-state index contributed by atoms with van der Waals surface area (Å²) in [5.74, 6) is 1.60. The van der Waals surface area contributed by atoms with E-state index in [0.717, 1.165) is 29.9 Å². The van der Waals surface area contributed by atoms with E-state index in [1.165, 1.54) is 18.4 Å². The van der Waals surface area contributed by atoms with Gasteiger partial charge in [0, 0.05) is 0 Å². The summed E-state index contributed by atoms with van der Waals surface area (Å²) in [6.45, 7) is 0. The van der Waals surface area contributed by atoms with E-state index in [4.69, 9.17) is 15.2 Å². The first-order chi connectivity index (χ1) is 8.77. The summed E-state index contributed by atoms with van der Waals surface area (Å²) in [7, 11) is 3.33. The van der Waals surface area contributed by atoms with Crippen LogP contribution in [0.1, 0.15) is 37.3 Å². The van der Waals surface area contributed by atoms with E-state index in [-0.39, 0.29) is 6.04 Å². The Hall–Kier alpha value is -1.48. The van der Waals surface area contributed by atoms with Crippen LogP contribution in [0, 0.1) is 0 Å². The first-order valence-electron chi connectivity index (χ1n) is 6.43. The van der Waals surface area contributed by atoms with Gasteiger partial charge in [0.05, 0.1) is 25.8 Å². The smallest absolute Gasteiger partial charge is 0.127 e. The van der Waals surface area contributed by atoms with E-state index >= 15 is 0 Å². The van der Waals surface area contributed by atoms with Crippen LogP contribution < -0.4 is 15.2 Å². The lowest BCUT2D eigenvalue weighted by atomic mass is 9.89. The maximum absolute atomic E-state index is 6.39. The number of hydrogen-bond acceptors (Lipinski definition) is 3. The zero-order valence-electron chi connectivity index (χ0n) is 11.1. The van der Waals surface area contributed by atoms with Gasteiger partial charge in [-0.1, -0.05) is 17.7 Å². The third-order valence-electron chi connectivity index (χ3n) is 3.50. The molecule has 1 aromatic rings. The minimum Gasteiger partial charge on any atom is -0.496 e. The van der Waals surface area contributed by atoms with E-state index in [2.05, 4.69) is 6.08 Å². The molecule has 0 radical (unpaired) electrons. The Labute approximate surface area is 109 Å². The molecule has 2 rings (SSSR count). The number of allylic oxidation sites excluding steroid dienone is 1. The van der Waals surface area contributed by atoms with Gasteiger partial charge in [0.25, 0.3) is 0 Å². The van der Waals surface area contributed by atoms with Crippen molar-refractivity contribution in [3.8, 4) is 11.5 Å². The van der Waals surface area contributed by atoms with Crippen molar-refractivity contribution in [3.63, 3.8) is 0 Å². The van der Waals surface area contributed by atoms with Crippen LogP contribution in [0.5, 0.6) is 11.5 Å². The van der Waals surface area contributed by atoms with Crippen molar-refractivity contribution in [2.24, 2.45) is 5.73 Å². The molecule has 1 aliphatic rings. The van der Waals surface area contributed by atoms with E-state index in [1.54, 1.807) is 14.2 Å². The van der Waals surface area contributed by atoms with Crippen LogP contribution in [0.2, 0.25) is 0 Å². The zero-order chi connectivity index (χ0) is 13.0. The van der Waals surface area contributed by atoms with Gasteiger partial charge in [-0.3, -0.25) is 0 Å². The molecular weight excluding hydrogens is 226 g/mol. The lowest BCUT2D eigenvalue weighted by molar-refractivity contribution is 0.381. The molecule has 1 atom stereocenters. The van der Waals surface area contributed by atoms with Crippen molar-refractivity contribution in [2.75, 3.05) is 14.2 Å². The SMILES string of the molecule is COc1cccc(OC)c1C(N)C1=CCCCC1. The van der Waals surface area contributed by atoms with Gasteiger partial charge in [-0.15, -0.1) is 0 Å². The number of rotatable bonds is 4. The lowest BCUT2D eigenvalue weighted by Gasteiger charge is -2.23. The third kappa shape index (κ3) is 2.51. The van der Waals surface area contributed by atoms with E-state index in [1.807, 2.05) is 18.2 Å². The van der Waals surface area contributed by atoms with Gasteiger partial charge in [-0.25, -0.2) is 0 Å². The molecule has 0 aliphatic heterocycles. The molecule has 2 N–H and O–H groups in total. The van der Waals surface area contributed by atoms with Crippen molar-refractivity contribution in [1.29, 1.82) is 0 Å². The summed E-state index contributed by atoms with van der Waals surface area (Å²) < 4.78 is 10.8. The Bertz CT molecular complexity index is 418. The number of benzene rings is 1. The van der Waals surface area contributed by atoms with Gasteiger partial charge in [0.15, 0.2) is 0 Å². The van der Waals surface area contributed by atoms with Gasteiger partial charge < -0.3 is 15.2 Å². The van der Waals surface area contributed by atoms with Crippen LogP contribution in [0.15, 0.2) is 29.8 Å². The quantitative estimate of drug-likeness (QED) is 0.831. The topological polar surface area (TPSA) is 44.5 Å². The fourth-order valence-electron chi connectivity index (χ4n) is 2.52. The van der Waals surface area contributed by atoms with Crippen LogP contribution in [-0.4, -0.2) is 14.2 Å². The number of methoxy groups -OCH3 is 2. The molecule has 1 unspecified atom stereocenters. The zero-order valence-corrected chi connectivity index (χ0v) is 11.1. The molecular formula is C15H21NO2. The fourth-order valence-corrected chi connectivity index (χ4v) is 2.52. The van der Waals surface area contributed by atoms with E-state index in [9.17, 15) is 0 Å². The van der Waals surface area contributed by atoms with Gasteiger partial charge >= 0.3 is 0 Å². The first-order valence-corrected chi connectivity index (χ1v) is 6.43. The molecule has 18 heavy (non-hydrogen) atoms. The average Bonchev–Trinajstić information content (AvgIpc) is 2.46. The minimum absolute atomic E-state index is 0.128. The molecule has 1 aromatic carbocycles. The van der Waals surface area contributed by atoms with Crippen molar-refractivity contribution in [2.45, 2.75) is 31.7 Å². The molecule has 1 aliphatic carbocycles. The summed E-state index contributed by atoms with van der Waals surface area (Å²) in [5, 5.41) is 0. The molecule has 0 fully saturated rings. The summed E-state index contributed by atoms with van der Waals surface area (Å²) in [5.41, 5.74) is 8.64. The van der Waals surface area contributed by atoms with E-state index in [0.29, 0.717) is 0 Å². The highest BCUT2D eigenvalue weighted by molar-refractivity contribution is 5.49. The molecule has 0 heterocycles. The van der Waals surface area contributed by atoms with Gasteiger partial charge in [-0.05, 0) is 37.8 Å². The Morgan fingerprint density at radius 3 is 2.28 bits per heavy atom. The van der Waals surface area contributed by atoms with Crippen LogP contribution in [0.25, 0.3) is 0 Å². The fraction of sp³-hybridized carbons (Fsp3) is 0.467. The Balaban J connectivity index is 2.38. The Morgan fingerprint density at radius 2 is 1.78 bits per heavy atom. The Kier molecular flexibility index (Phi) is 4.26. The second-order valence-electron chi connectivity index (χ2n) is 4.58. The summed E-state index contributed by atoms with van der Waals surface area (Å²) in [6, 6.07) is 5.65. The van der Waals surface area contributed by atoms with Gasteiger partial charge in [0.1, 0.15) is 11.5 Å². The molecule has 0 spiro atoms.